The largest absolute Gasteiger partial charge is 0.475 e. The number of amides is 1. The summed E-state index contributed by atoms with van der Waals surface area (Å²) in [4.78, 5) is 36.7. The van der Waals surface area contributed by atoms with Crippen LogP contribution in [-0.4, -0.2) is 91.4 Å². The molecule has 16 nitrogen and oxygen atoms in total. The van der Waals surface area contributed by atoms with Crippen molar-refractivity contribution in [1.29, 1.82) is 0 Å². The summed E-state index contributed by atoms with van der Waals surface area (Å²) >= 11 is 6.09. The number of hydrogen-bond donors (Lipinski definition) is 4. The lowest BCUT2D eigenvalue weighted by atomic mass is 9.87. The number of anilines is 1. The predicted molar refractivity (Wildman–Crippen MR) is 142 cm³/mol. The highest BCUT2D eigenvalue weighted by Crippen LogP contribution is 2.57. The SMILES string of the molecule is CC(C)OC(=O)CCNC(=O)[C@@H]1OP(=O)(OC[C@H]2O[C@@H](n3cnc4c(Cl)nc(N)nc43)[C@](C)(O)C2O)OCC1(C)C. The van der Waals surface area contributed by atoms with Gasteiger partial charge in [0, 0.05) is 12.0 Å². The number of rotatable bonds is 9. The van der Waals surface area contributed by atoms with Crippen molar-refractivity contribution < 1.29 is 47.4 Å². The Balaban J connectivity index is 1.42. The molecular formula is C23H34ClN6O10P. The van der Waals surface area contributed by atoms with Gasteiger partial charge in [0.2, 0.25) is 11.9 Å². The van der Waals surface area contributed by atoms with Crippen LogP contribution in [0.15, 0.2) is 6.33 Å². The normalized spacial score (nSPS) is 31.4. The number of aliphatic hydroxyl groups is 2. The van der Waals surface area contributed by atoms with Gasteiger partial charge in [-0.15, -0.1) is 0 Å². The number of halogens is 1. The zero-order valence-corrected chi connectivity index (χ0v) is 24.8. The smallest absolute Gasteiger partial charge is 0.463 e. The second-order valence-electron chi connectivity index (χ2n) is 11.0. The Morgan fingerprint density at radius 2 is 2.05 bits per heavy atom. The number of aliphatic hydroxyl groups excluding tert-OH is 1. The molecule has 2 unspecified atom stereocenters. The molecule has 2 fully saturated rings. The molecule has 2 aromatic rings. The number of phosphoric acid groups is 1. The Kier molecular flexibility index (Phi) is 8.98. The average molecular weight is 621 g/mol. The second-order valence-corrected chi connectivity index (χ2v) is 12.9. The van der Waals surface area contributed by atoms with E-state index in [9.17, 15) is 24.4 Å². The molecule has 0 spiro atoms. The van der Waals surface area contributed by atoms with E-state index in [0.717, 1.165) is 0 Å². The number of esters is 1. The molecule has 41 heavy (non-hydrogen) atoms. The van der Waals surface area contributed by atoms with Gasteiger partial charge >= 0.3 is 13.8 Å². The van der Waals surface area contributed by atoms with Gasteiger partial charge < -0.3 is 30.7 Å². The van der Waals surface area contributed by atoms with E-state index in [1.165, 1.54) is 17.8 Å². The number of nitrogens with two attached hydrogens (primary N) is 1. The summed E-state index contributed by atoms with van der Waals surface area (Å²) in [6.45, 7) is 7.40. The zero-order valence-electron chi connectivity index (χ0n) is 23.1. The van der Waals surface area contributed by atoms with Crippen molar-refractivity contribution in [1.82, 2.24) is 24.8 Å². The van der Waals surface area contributed by atoms with Crippen molar-refractivity contribution in [3.63, 3.8) is 0 Å². The quantitative estimate of drug-likeness (QED) is 0.175. The molecule has 4 rings (SSSR count). The van der Waals surface area contributed by atoms with E-state index in [1.807, 2.05) is 0 Å². The van der Waals surface area contributed by atoms with Crippen LogP contribution in [0, 0.1) is 5.41 Å². The Hall–Kier alpha value is -2.43. The lowest BCUT2D eigenvalue weighted by Gasteiger charge is -2.39. The number of imidazole rings is 1. The maximum atomic E-state index is 13.3. The van der Waals surface area contributed by atoms with Crippen LogP contribution in [0.25, 0.3) is 11.2 Å². The average Bonchev–Trinajstić information content (AvgIpc) is 3.37. The maximum Gasteiger partial charge on any atom is 0.475 e. The van der Waals surface area contributed by atoms with Gasteiger partial charge in [-0.1, -0.05) is 25.4 Å². The van der Waals surface area contributed by atoms with E-state index < -0.39 is 61.9 Å². The molecule has 0 radical (unpaired) electrons. The highest BCUT2D eigenvalue weighted by atomic mass is 35.5. The Bertz CT molecular complexity index is 1350. The van der Waals surface area contributed by atoms with Crippen molar-refractivity contribution in [2.45, 2.75) is 77.3 Å². The molecule has 2 aliphatic rings. The Morgan fingerprint density at radius 3 is 2.73 bits per heavy atom. The number of fused-ring (bicyclic) bond motifs is 1. The maximum absolute atomic E-state index is 13.3. The fraction of sp³-hybridized carbons (Fsp3) is 0.696. The first-order valence-corrected chi connectivity index (χ1v) is 14.6. The van der Waals surface area contributed by atoms with Crippen molar-refractivity contribution in [2.24, 2.45) is 5.41 Å². The number of phosphoric ester groups is 1. The van der Waals surface area contributed by atoms with Crippen LogP contribution in [0.1, 0.15) is 47.3 Å². The van der Waals surface area contributed by atoms with E-state index in [-0.39, 0.29) is 47.9 Å². The summed E-state index contributed by atoms with van der Waals surface area (Å²) in [6.07, 6.45) is -4.27. The number of nitrogens with zero attached hydrogens (tertiary/aromatic N) is 4. The van der Waals surface area contributed by atoms with Crippen molar-refractivity contribution >= 4 is 48.4 Å². The van der Waals surface area contributed by atoms with Crippen LogP contribution in [0.4, 0.5) is 5.95 Å². The molecule has 18 heteroatoms. The Labute approximate surface area is 240 Å². The number of aromatic nitrogens is 4. The molecule has 0 bridgehead atoms. The molecule has 0 saturated carbocycles. The highest BCUT2D eigenvalue weighted by molar-refractivity contribution is 7.48. The van der Waals surface area contributed by atoms with Gasteiger partial charge in [0.15, 0.2) is 23.1 Å². The molecule has 1 amide bonds. The molecule has 2 saturated heterocycles. The predicted octanol–water partition coefficient (Wildman–Crippen LogP) is 1.10. The molecule has 228 valence electrons. The van der Waals surface area contributed by atoms with E-state index >= 15 is 0 Å². The van der Waals surface area contributed by atoms with Crippen LogP contribution in [0.5, 0.6) is 0 Å². The molecule has 2 aromatic heterocycles. The van der Waals surface area contributed by atoms with Gasteiger partial charge in [0.25, 0.3) is 0 Å². The monoisotopic (exact) mass is 620 g/mol. The number of ether oxygens (including phenoxy) is 2. The summed E-state index contributed by atoms with van der Waals surface area (Å²) in [7, 11) is -4.33. The number of carbonyl (C=O) groups is 2. The Morgan fingerprint density at radius 1 is 1.34 bits per heavy atom. The van der Waals surface area contributed by atoms with E-state index in [0.29, 0.717) is 0 Å². The molecule has 4 heterocycles. The van der Waals surface area contributed by atoms with Crippen molar-refractivity contribution in [2.75, 3.05) is 25.5 Å². The van der Waals surface area contributed by atoms with Gasteiger partial charge in [-0.3, -0.25) is 27.7 Å². The van der Waals surface area contributed by atoms with E-state index in [4.69, 9.17) is 40.4 Å². The minimum atomic E-state index is -4.33. The van der Waals surface area contributed by atoms with Gasteiger partial charge in [-0.25, -0.2) is 9.55 Å². The highest BCUT2D eigenvalue weighted by Gasteiger charge is 2.55. The van der Waals surface area contributed by atoms with E-state index in [2.05, 4.69) is 20.3 Å². The fourth-order valence-corrected chi connectivity index (χ4v) is 6.28. The molecule has 5 N–H and O–H groups in total. The summed E-state index contributed by atoms with van der Waals surface area (Å²) in [5, 5.41) is 24.5. The third-order valence-electron chi connectivity index (χ3n) is 6.57. The molecule has 0 aliphatic carbocycles. The summed E-state index contributed by atoms with van der Waals surface area (Å²) in [5.41, 5.74) is 3.27. The molecule has 2 aliphatic heterocycles. The first kappa shape index (κ1) is 31.5. The first-order chi connectivity index (χ1) is 19.0. The van der Waals surface area contributed by atoms with Gasteiger partial charge in [-0.2, -0.15) is 9.97 Å². The lowest BCUT2D eigenvalue weighted by Crippen LogP contribution is -2.50. The van der Waals surface area contributed by atoms with Crippen LogP contribution >= 0.6 is 19.4 Å². The topological polar surface area (TPSA) is 219 Å². The fourth-order valence-electron chi connectivity index (χ4n) is 4.41. The third-order valence-corrected chi connectivity index (χ3v) is 8.22. The van der Waals surface area contributed by atoms with E-state index in [1.54, 1.807) is 27.7 Å². The van der Waals surface area contributed by atoms with Gasteiger partial charge in [0.1, 0.15) is 23.3 Å². The molecular weight excluding hydrogens is 587 g/mol. The number of nitrogen functional groups attached to an aromatic ring is 1. The second kappa shape index (κ2) is 11.7. The standard InChI is InChI=1S/C23H34ClN6O10P/c1-11(2)38-13(31)6-7-26-19(33)16-22(3,4)9-37-41(35,40-16)36-8-12-15(32)23(5,34)20(39-12)30-10-27-14-17(24)28-21(25)29-18(14)30/h10-12,15-16,20,32,34H,6-9H2,1-5H3,(H,26,33)(H2,25,28,29)/t12-,15?,16+,20-,23-,41?/m1/s1. The minimum Gasteiger partial charge on any atom is -0.463 e. The van der Waals surface area contributed by atoms with Crippen molar-refractivity contribution in [3.8, 4) is 0 Å². The van der Waals surface area contributed by atoms with Crippen molar-refractivity contribution in [3.05, 3.63) is 11.5 Å². The summed E-state index contributed by atoms with van der Waals surface area (Å²) in [6, 6.07) is 0. The molecule has 0 aromatic carbocycles. The summed E-state index contributed by atoms with van der Waals surface area (Å²) < 4.78 is 41.9. The minimum absolute atomic E-state index is 0.00831. The number of hydrogen-bond acceptors (Lipinski definition) is 14. The van der Waals surface area contributed by atoms with Crippen LogP contribution in [0.2, 0.25) is 5.15 Å². The number of carbonyl (C=O) groups excluding carboxylic acids is 2. The van der Waals surface area contributed by atoms with Gasteiger partial charge in [-0.05, 0) is 20.8 Å². The number of nitrogens with one attached hydrogen (secondary N) is 1. The van der Waals surface area contributed by atoms with Crippen LogP contribution in [-0.2, 0) is 37.2 Å². The lowest BCUT2D eigenvalue weighted by molar-refractivity contribution is -0.147. The van der Waals surface area contributed by atoms with Crippen LogP contribution < -0.4 is 11.1 Å². The summed E-state index contributed by atoms with van der Waals surface area (Å²) in [5.74, 6) is -1.23. The van der Waals surface area contributed by atoms with Crippen LogP contribution in [0.3, 0.4) is 0 Å². The van der Waals surface area contributed by atoms with Gasteiger partial charge in [0.05, 0.1) is 32.1 Å². The third kappa shape index (κ3) is 6.65. The first-order valence-electron chi connectivity index (χ1n) is 12.8. The molecule has 6 atom stereocenters. The zero-order chi connectivity index (χ0) is 30.3.